The molecule has 1 aliphatic rings. The largest absolute Gasteiger partial charge is 0.376 e. The highest BCUT2D eigenvalue weighted by Gasteiger charge is 2.15. The third-order valence-corrected chi connectivity index (χ3v) is 2.96. The van der Waals surface area contributed by atoms with E-state index in [4.69, 9.17) is 16.3 Å². The van der Waals surface area contributed by atoms with Gasteiger partial charge in [-0.1, -0.05) is 11.6 Å². The van der Waals surface area contributed by atoms with E-state index in [2.05, 4.69) is 10.3 Å². The molecular weight excluding hydrogens is 240 g/mol. The molecule has 1 aromatic rings. The predicted octanol–water partition coefficient (Wildman–Crippen LogP) is 2.03. The second-order valence-corrected chi connectivity index (χ2v) is 4.45. The Bertz CT molecular complexity index is 392. The third-order valence-electron chi connectivity index (χ3n) is 2.75. The molecule has 1 saturated heterocycles. The minimum Gasteiger partial charge on any atom is -0.376 e. The number of carbonyl (C=O) groups excluding carboxylic acids is 1. The van der Waals surface area contributed by atoms with Crippen molar-refractivity contribution in [3.8, 4) is 0 Å². The number of pyridine rings is 1. The first-order chi connectivity index (χ1) is 8.25. The quantitative estimate of drug-likeness (QED) is 0.840. The molecule has 17 heavy (non-hydrogen) atoms. The molecule has 1 amide bonds. The van der Waals surface area contributed by atoms with Crippen molar-refractivity contribution in [1.82, 2.24) is 10.3 Å². The highest BCUT2D eigenvalue weighted by atomic mass is 35.5. The van der Waals surface area contributed by atoms with E-state index in [-0.39, 0.29) is 12.0 Å². The molecule has 0 saturated carbocycles. The molecular formula is C12H15ClN2O2. The fraction of sp³-hybridized carbons (Fsp3) is 0.500. The zero-order chi connectivity index (χ0) is 12.1. The number of halogens is 1. The van der Waals surface area contributed by atoms with Gasteiger partial charge < -0.3 is 10.1 Å². The van der Waals surface area contributed by atoms with Crippen LogP contribution in [0, 0.1) is 0 Å². The van der Waals surface area contributed by atoms with Crippen LogP contribution in [0.4, 0.5) is 0 Å². The number of amides is 1. The number of hydrogen-bond acceptors (Lipinski definition) is 3. The van der Waals surface area contributed by atoms with Crippen molar-refractivity contribution in [3.63, 3.8) is 0 Å². The Hall–Kier alpha value is -1.13. The van der Waals surface area contributed by atoms with E-state index < -0.39 is 0 Å². The van der Waals surface area contributed by atoms with E-state index in [1.807, 2.05) is 0 Å². The summed E-state index contributed by atoms with van der Waals surface area (Å²) in [6.07, 6.45) is 4.96. The fourth-order valence-corrected chi connectivity index (χ4v) is 1.99. The SMILES string of the molecule is O=C(NCC1CCCCO1)c1ccnc(Cl)c1. The highest BCUT2D eigenvalue weighted by molar-refractivity contribution is 6.29. The molecule has 1 fully saturated rings. The Kier molecular flexibility index (Phi) is 4.34. The smallest absolute Gasteiger partial charge is 0.251 e. The molecule has 92 valence electrons. The minimum absolute atomic E-state index is 0.136. The van der Waals surface area contributed by atoms with E-state index in [9.17, 15) is 4.79 Å². The monoisotopic (exact) mass is 254 g/mol. The summed E-state index contributed by atoms with van der Waals surface area (Å²) < 4.78 is 5.53. The molecule has 2 heterocycles. The molecule has 5 heteroatoms. The summed E-state index contributed by atoms with van der Waals surface area (Å²) in [6, 6.07) is 3.20. The molecule has 1 unspecified atom stereocenters. The number of aromatic nitrogens is 1. The molecule has 0 bridgehead atoms. The van der Waals surface area contributed by atoms with Crippen molar-refractivity contribution in [3.05, 3.63) is 29.0 Å². The summed E-state index contributed by atoms with van der Waals surface area (Å²) in [5.41, 5.74) is 0.529. The van der Waals surface area contributed by atoms with Crippen LogP contribution in [0.15, 0.2) is 18.3 Å². The fourth-order valence-electron chi connectivity index (χ4n) is 1.82. The molecule has 1 N–H and O–H groups in total. The Balaban J connectivity index is 1.84. The maximum absolute atomic E-state index is 11.8. The average molecular weight is 255 g/mol. The van der Waals surface area contributed by atoms with Crippen LogP contribution in [0.2, 0.25) is 5.15 Å². The van der Waals surface area contributed by atoms with Gasteiger partial charge in [-0.25, -0.2) is 4.98 Å². The van der Waals surface area contributed by atoms with Crippen molar-refractivity contribution < 1.29 is 9.53 Å². The molecule has 4 nitrogen and oxygen atoms in total. The van der Waals surface area contributed by atoms with Crippen LogP contribution < -0.4 is 5.32 Å². The van der Waals surface area contributed by atoms with Gasteiger partial charge in [-0.15, -0.1) is 0 Å². The maximum atomic E-state index is 11.8. The third kappa shape index (κ3) is 3.68. The number of hydrogen-bond donors (Lipinski definition) is 1. The predicted molar refractivity (Wildman–Crippen MR) is 65.2 cm³/mol. The maximum Gasteiger partial charge on any atom is 0.251 e. The number of nitrogens with zero attached hydrogens (tertiary/aromatic N) is 1. The lowest BCUT2D eigenvalue weighted by atomic mass is 10.1. The molecule has 0 aromatic carbocycles. The van der Waals surface area contributed by atoms with Crippen LogP contribution in [-0.2, 0) is 4.74 Å². The molecule has 1 atom stereocenters. The summed E-state index contributed by atoms with van der Waals surface area (Å²) in [7, 11) is 0. The van der Waals surface area contributed by atoms with Gasteiger partial charge in [0.05, 0.1) is 6.10 Å². The van der Waals surface area contributed by atoms with E-state index >= 15 is 0 Å². The molecule has 0 spiro atoms. The minimum atomic E-state index is -0.136. The van der Waals surface area contributed by atoms with E-state index in [1.54, 1.807) is 12.1 Å². The van der Waals surface area contributed by atoms with Crippen LogP contribution >= 0.6 is 11.6 Å². The van der Waals surface area contributed by atoms with E-state index in [0.29, 0.717) is 17.3 Å². The average Bonchev–Trinajstić information content (AvgIpc) is 2.37. The Labute approximate surface area is 105 Å². The van der Waals surface area contributed by atoms with Crippen molar-refractivity contribution >= 4 is 17.5 Å². The lowest BCUT2D eigenvalue weighted by molar-refractivity contribution is 0.0169. The van der Waals surface area contributed by atoms with E-state index in [0.717, 1.165) is 19.4 Å². The van der Waals surface area contributed by atoms with Crippen molar-refractivity contribution in [2.45, 2.75) is 25.4 Å². The Morgan fingerprint density at radius 2 is 2.47 bits per heavy atom. The van der Waals surface area contributed by atoms with Gasteiger partial charge in [-0.2, -0.15) is 0 Å². The summed E-state index contributed by atoms with van der Waals surface area (Å²) in [6.45, 7) is 1.35. The molecule has 1 aliphatic heterocycles. The zero-order valence-corrected chi connectivity index (χ0v) is 10.2. The standard InChI is InChI=1S/C12H15ClN2O2/c13-11-7-9(4-5-14-11)12(16)15-8-10-3-1-2-6-17-10/h4-5,7,10H,1-3,6,8H2,(H,15,16). The van der Waals surface area contributed by atoms with Gasteiger partial charge in [0.15, 0.2) is 0 Å². The molecule has 1 aromatic heterocycles. The topological polar surface area (TPSA) is 51.2 Å². The van der Waals surface area contributed by atoms with Crippen LogP contribution in [0.5, 0.6) is 0 Å². The van der Waals surface area contributed by atoms with Crippen molar-refractivity contribution in [1.29, 1.82) is 0 Å². The summed E-state index contributed by atoms with van der Waals surface area (Å²) in [5, 5.41) is 3.17. The molecule has 2 rings (SSSR count). The number of nitrogens with one attached hydrogen (secondary N) is 1. The first-order valence-corrected chi connectivity index (χ1v) is 6.15. The van der Waals surface area contributed by atoms with Gasteiger partial charge in [0.25, 0.3) is 5.91 Å². The van der Waals surface area contributed by atoms with Crippen LogP contribution in [0.25, 0.3) is 0 Å². The normalized spacial score (nSPS) is 19.9. The van der Waals surface area contributed by atoms with Gasteiger partial charge in [0.2, 0.25) is 0 Å². The Morgan fingerprint density at radius 3 is 3.18 bits per heavy atom. The first-order valence-electron chi connectivity index (χ1n) is 5.77. The van der Waals surface area contributed by atoms with Crippen LogP contribution in [-0.4, -0.2) is 30.1 Å². The van der Waals surface area contributed by atoms with Crippen LogP contribution in [0.3, 0.4) is 0 Å². The second kappa shape index (κ2) is 5.98. The lowest BCUT2D eigenvalue weighted by Crippen LogP contribution is -2.35. The van der Waals surface area contributed by atoms with Gasteiger partial charge >= 0.3 is 0 Å². The summed E-state index contributed by atoms with van der Waals surface area (Å²) in [4.78, 5) is 15.6. The molecule has 0 radical (unpaired) electrons. The van der Waals surface area contributed by atoms with Crippen molar-refractivity contribution in [2.24, 2.45) is 0 Å². The van der Waals surface area contributed by atoms with Crippen LogP contribution in [0.1, 0.15) is 29.6 Å². The van der Waals surface area contributed by atoms with Gasteiger partial charge in [0.1, 0.15) is 5.15 Å². The van der Waals surface area contributed by atoms with Gasteiger partial charge in [-0.3, -0.25) is 4.79 Å². The van der Waals surface area contributed by atoms with Gasteiger partial charge in [-0.05, 0) is 31.4 Å². The van der Waals surface area contributed by atoms with Crippen molar-refractivity contribution in [2.75, 3.05) is 13.2 Å². The number of rotatable bonds is 3. The lowest BCUT2D eigenvalue weighted by Gasteiger charge is -2.22. The Morgan fingerprint density at radius 1 is 1.59 bits per heavy atom. The molecule has 0 aliphatic carbocycles. The van der Waals surface area contributed by atoms with Gasteiger partial charge in [0, 0.05) is 24.9 Å². The number of carbonyl (C=O) groups is 1. The second-order valence-electron chi connectivity index (χ2n) is 4.07. The first kappa shape index (κ1) is 12.3. The summed E-state index contributed by atoms with van der Waals surface area (Å²) in [5.74, 6) is -0.136. The summed E-state index contributed by atoms with van der Waals surface area (Å²) >= 11 is 5.72. The highest BCUT2D eigenvalue weighted by Crippen LogP contribution is 2.12. The van der Waals surface area contributed by atoms with E-state index in [1.165, 1.54) is 12.6 Å². The zero-order valence-electron chi connectivity index (χ0n) is 9.49. The number of ether oxygens (including phenoxy) is 1.